The van der Waals surface area contributed by atoms with E-state index in [1.807, 2.05) is 72.3 Å². The number of thioether (sulfide) groups is 1. The normalized spacial score (nSPS) is 12.0. The van der Waals surface area contributed by atoms with Crippen molar-refractivity contribution in [2.45, 2.75) is 17.2 Å². The Bertz CT molecular complexity index is 1190. The van der Waals surface area contributed by atoms with Crippen molar-refractivity contribution < 1.29 is 14.3 Å². The van der Waals surface area contributed by atoms with Crippen molar-refractivity contribution in [3.05, 3.63) is 67.1 Å². The van der Waals surface area contributed by atoms with Crippen LogP contribution in [0.25, 0.3) is 27.8 Å². The fraction of sp³-hybridized carbons (Fsp3) is 0.174. The second-order valence-electron chi connectivity index (χ2n) is 6.61. The average Bonchev–Trinajstić information content (AvgIpc) is 3.19. The molecule has 0 radical (unpaired) electrons. The Balaban J connectivity index is 1.97. The molecule has 7 heteroatoms. The molecule has 2 aromatic carbocycles. The molecule has 4 aromatic rings. The summed E-state index contributed by atoms with van der Waals surface area (Å²) in [7, 11) is 3.04. The highest BCUT2D eigenvalue weighted by Crippen LogP contribution is 2.39. The van der Waals surface area contributed by atoms with Gasteiger partial charge in [0.05, 0.1) is 25.3 Å². The van der Waals surface area contributed by atoms with Crippen LogP contribution in [0, 0.1) is 0 Å². The Morgan fingerprint density at radius 1 is 1.03 bits per heavy atom. The smallest absolute Gasteiger partial charge is 0.318 e. The SMILES string of the molecule is COC(=O)[C@H](C)Sc1ncnc2c1c(-c1ccccc1)cn2-c1ccccc1OC. The number of aromatic nitrogens is 3. The van der Waals surface area contributed by atoms with Gasteiger partial charge >= 0.3 is 5.97 Å². The van der Waals surface area contributed by atoms with Crippen molar-refractivity contribution in [1.29, 1.82) is 0 Å². The molecule has 0 N–H and O–H groups in total. The Morgan fingerprint density at radius 2 is 1.77 bits per heavy atom. The van der Waals surface area contributed by atoms with Crippen molar-refractivity contribution in [3.8, 4) is 22.6 Å². The van der Waals surface area contributed by atoms with Crippen LogP contribution in [0.3, 0.4) is 0 Å². The summed E-state index contributed by atoms with van der Waals surface area (Å²) in [6.45, 7) is 1.81. The lowest BCUT2D eigenvalue weighted by Gasteiger charge is -2.11. The van der Waals surface area contributed by atoms with E-state index in [0.29, 0.717) is 0 Å². The summed E-state index contributed by atoms with van der Waals surface area (Å²) in [5.41, 5.74) is 3.64. The van der Waals surface area contributed by atoms with Crippen molar-refractivity contribution in [2.75, 3.05) is 14.2 Å². The summed E-state index contributed by atoms with van der Waals surface area (Å²) in [6.07, 6.45) is 3.56. The van der Waals surface area contributed by atoms with Crippen molar-refractivity contribution >= 4 is 28.8 Å². The van der Waals surface area contributed by atoms with Crippen LogP contribution >= 0.6 is 11.8 Å². The van der Waals surface area contributed by atoms with Crippen molar-refractivity contribution in [1.82, 2.24) is 14.5 Å². The van der Waals surface area contributed by atoms with E-state index in [9.17, 15) is 4.79 Å². The van der Waals surface area contributed by atoms with Crippen LogP contribution in [-0.2, 0) is 9.53 Å². The molecule has 4 rings (SSSR count). The van der Waals surface area contributed by atoms with Crippen molar-refractivity contribution in [2.24, 2.45) is 0 Å². The summed E-state index contributed by atoms with van der Waals surface area (Å²) < 4.78 is 12.5. The van der Waals surface area contributed by atoms with E-state index >= 15 is 0 Å². The molecule has 30 heavy (non-hydrogen) atoms. The molecule has 1 atom stereocenters. The summed E-state index contributed by atoms with van der Waals surface area (Å²) in [5.74, 6) is 0.446. The lowest BCUT2D eigenvalue weighted by atomic mass is 10.1. The number of nitrogens with zero attached hydrogens (tertiary/aromatic N) is 3. The zero-order chi connectivity index (χ0) is 21.1. The average molecular weight is 420 g/mol. The van der Waals surface area contributed by atoms with Gasteiger partial charge in [0, 0.05) is 11.8 Å². The van der Waals surface area contributed by atoms with Crippen LogP contribution in [0.15, 0.2) is 72.1 Å². The number of esters is 1. The van der Waals surface area contributed by atoms with Gasteiger partial charge in [-0.1, -0.05) is 54.2 Å². The molecule has 6 nitrogen and oxygen atoms in total. The first-order chi connectivity index (χ1) is 14.6. The monoisotopic (exact) mass is 419 g/mol. The van der Waals surface area contributed by atoms with Crippen LogP contribution in [0.5, 0.6) is 5.75 Å². The first-order valence-electron chi connectivity index (χ1n) is 9.43. The number of rotatable bonds is 6. The lowest BCUT2D eigenvalue weighted by molar-refractivity contribution is -0.139. The fourth-order valence-corrected chi connectivity index (χ4v) is 4.31. The van der Waals surface area contributed by atoms with E-state index in [1.54, 1.807) is 7.11 Å². The largest absolute Gasteiger partial charge is 0.495 e. The van der Waals surface area contributed by atoms with Gasteiger partial charge in [-0.2, -0.15) is 0 Å². The summed E-state index contributed by atoms with van der Waals surface area (Å²) in [4.78, 5) is 21.1. The van der Waals surface area contributed by atoms with Gasteiger partial charge in [-0.25, -0.2) is 9.97 Å². The second kappa shape index (κ2) is 8.59. The third-order valence-corrected chi connectivity index (χ3v) is 5.88. The number of methoxy groups -OCH3 is 2. The number of para-hydroxylation sites is 2. The molecule has 2 heterocycles. The number of ether oxygens (including phenoxy) is 2. The molecule has 0 amide bonds. The van der Waals surface area contributed by atoms with Gasteiger partial charge in [-0.3, -0.25) is 9.36 Å². The number of benzene rings is 2. The number of hydrogen-bond acceptors (Lipinski definition) is 6. The highest BCUT2D eigenvalue weighted by molar-refractivity contribution is 8.00. The Labute approximate surface area is 178 Å². The van der Waals surface area contributed by atoms with Crippen LogP contribution in [0.1, 0.15) is 6.92 Å². The van der Waals surface area contributed by atoms with Gasteiger partial charge in [-0.15, -0.1) is 0 Å². The standard InChI is InChI=1S/C23H21N3O3S/c1-15(23(27)29-3)30-22-20-17(16-9-5-4-6-10-16)13-26(21(20)24-14-25-22)18-11-7-8-12-19(18)28-2/h4-15H,1-3H3/t15-/m0/s1. The summed E-state index contributed by atoms with van der Waals surface area (Å²) in [6, 6.07) is 17.9. The van der Waals surface area contributed by atoms with Crippen LogP contribution < -0.4 is 4.74 Å². The number of carbonyl (C=O) groups excluding carboxylic acids is 1. The topological polar surface area (TPSA) is 66.2 Å². The molecule has 0 bridgehead atoms. The van der Waals surface area contributed by atoms with Crippen LogP contribution in [-0.4, -0.2) is 40.0 Å². The Hall–Kier alpha value is -3.32. The number of hydrogen-bond donors (Lipinski definition) is 0. The molecular weight excluding hydrogens is 398 g/mol. The second-order valence-corrected chi connectivity index (χ2v) is 7.94. The minimum atomic E-state index is -0.397. The molecule has 0 aliphatic carbocycles. The molecule has 0 spiro atoms. The van der Waals surface area contributed by atoms with Crippen molar-refractivity contribution in [3.63, 3.8) is 0 Å². The van der Waals surface area contributed by atoms with E-state index in [-0.39, 0.29) is 5.97 Å². The molecule has 152 valence electrons. The van der Waals surface area contributed by atoms with E-state index in [2.05, 4.69) is 9.97 Å². The minimum absolute atomic E-state index is 0.294. The minimum Gasteiger partial charge on any atom is -0.495 e. The zero-order valence-corrected chi connectivity index (χ0v) is 17.7. The predicted octanol–water partition coefficient (Wildman–Crippen LogP) is 4.75. The van der Waals surface area contributed by atoms with E-state index in [0.717, 1.165) is 38.6 Å². The number of carbonyl (C=O) groups is 1. The van der Waals surface area contributed by atoms with E-state index in [4.69, 9.17) is 9.47 Å². The van der Waals surface area contributed by atoms with Gasteiger partial charge < -0.3 is 9.47 Å². The highest BCUT2D eigenvalue weighted by Gasteiger charge is 2.22. The molecule has 2 aromatic heterocycles. The van der Waals surface area contributed by atoms with Gasteiger partial charge in [0.15, 0.2) is 0 Å². The molecule has 0 aliphatic rings. The maximum Gasteiger partial charge on any atom is 0.318 e. The first-order valence-corrected chi connectivity index (χ1v) is 10.3. The molecule has 0 saturated carbocycles. The third kappa shape index (κ3) is 3.64. The molecule has 0 unspecified atom stereocenters. The summed E-state index contributed by atoms with van der Waals surface area (Å²) in [5, 5.41) is 1.21. The van der Waals surface area contributed by atoms with Crippen LogP contribution in [0.4, 0.5) is 0 Å². The quantitative estimate of drug-likeness (QED) is 0.255. The zero-order valence-electron chi connectivity index (χ0n) is 16.9. The molecule has 0 fully saturated rings. The summed E-state index contributed by atoms with van der Waals surface area (Å²) >= 11 is 1.36. The molecule has 0 saturated heterocycles. The van der Waals surface area contributed by atoms with E-state index in [1.165, 1.54) is 25.2 Å². The Morgan fingerprint density at radius 3 is 2.50 bits per heavy atom. The first kappa shape index (κ1) is 20.0. The third-order valence-electron chi connectivity index (χ3n) is 4.80. The Kier molecular flexibility index (Phi) is 5.72. The highest BCUT2D eigenvalue weighted by atomic mass is 32.2. The van der Waals surface area contributed by atoms with E-state index < -0.39 is 5.25 Å². The number of fused-ring (bicyclic) bond motifs is 1. The van der Waals surface area contributed by atoms with Crippen LogP contribution in [0.2, 0.25) is 0 Å². The maximum atomic E-state index is 12.0. The lowest BCUT2D eigenvalue weighted by Crippen LogP contribution is -2.14. The molecular formula is C23H21N3O3S. The van der Waals surface area contributed by atoms with Gasteiger partial charge in [0.2, 0.25) is 0 Å². The van der Waals surface area contributed by atoms with Gasteiger partial charge in [-0.05, 0) is 24.6 Å². The van der Waals surface area contributed by atoms with Gasteiger partial charge in [0.25, 0.3) is 0 Å². The van der Waals surface area contributed by atoms with Gasteiger partial charge in [0.1, 0.15) is 28.0 Å². The fourth-order valence-electron chi connectivity index (χ4n) is 3.35. The maximum absolute atomic E-state index is 12.0. The molecule has 0 aliphatic heterocycles. The predicted molar refractivity (Wildman–Crippen MR) is 118 cm³/mol.